The molecule has 4 heteroatoms. The minimum atomic E-state index is 0.579. The summed E-state index contributed by atoms with van der Waals surface area (Å²) in [6.07, 6.45) is 0. The largest absolute Gasteiger partial charge is 0.384 e. The molecule has 0 fully saturated rings. The van der Waals surface area contributed by atoms with Crippen LogP contribution in [0.15, 0.2) is 59.6 Å². The van der Waals surface area contributed by atoms with Gasteiger partial charge in [0.1, 0.15) is 5.84 Å². The number of halogens is 1. The summed E-state index contributed by atoms with van der Waals surface area (Å²) < 4.78 is 0. The molecule has 0 spiro atoms. The van der Waals surface area contributed by atoms with E-state index in [0.717, 1.165) is 22.8 Å². The maximum absolute atomic E-state index is 5.95. The van der Waals surface area contributed by atoms with Crippen LogP contribution in [0.1, 0.15) is 5.56 Å². The molecule has 0 aliphatic heterocycles. The van der Waals surface area contributed by atoms with Crippen molar-refractivity contribution < 1.29 is 0 Å². The van der Waals surface area contributed by atoms with Gasteiger partial charge in [0.2, 0.25) is 0 Å². The Morgan fingerprint density at radius 1 is 1.10 bits per heavy atom. The molecular formula is C16H18ClN3. The molecule has 0 atom stereocenters. The Kier molecular flexibility index (Phi) is 5.02. The van der Waals surface area contributed by atoms with Crippen molar-refractivity contribution in [3.05, 3.63) is 65.2 Å². The summed E-state index contributed by atoms with van der Waals surface area (Å²) in [6.45, 7) is 1.45. The Hall–Kier alpha value is -2.00. The number of anilines is 1. The average molecular weight is 288 g/mol. The van der Waals surface area contributed by atoms with Crippen LogP contribution in [0.5, 0.6) is 0 Å². The topological polar surface area (TPSA) is 41.6 Å². The van der Waals surface area contributed by atoms with Crippen LogP contribution in [0.25, 0.3) is 0 Å². The van der Waals surface area contributed by atoms with Gasteiger partial charge in [0.25, 0.3) is 0 Å². The number of benzene rings is 2. The van der Waals surface area contributed by atoms with E-state index in [0.29, 0.717) is 12.4 Å². The third kappa shape index (κ3) is 4.00. The van der Waals surface area contributed by atoms with Gasteiger partial charge in [-0.2, -0.15) is 0 Å². The molecule has 3 nitrogen and oxygen atoms in total. The van der Waals surface area contributed by atoms with Crippen molar-refractivity contribution in [3.8, 4) is 0 Å². The molecule has 0 bridgehead atoms. The first-order chi connectivity index (χ1) is 9.66. The predicted octanol–water partition coefficient (Wildman–Crippen LogP) is 3.18. The van der Waals surface area contributed by atoms with E-state index in [1.165, 1.54) is 0 Å². The number of hydrogen-bond acceptors (Lipinski definition) is 2. The molecule has 0 amide bonds. The molecule has 0 aliphatic rings. The summed E-state index contributed by atoms with van der Waals surface area (Å²) in [5.41, 5.74) is 8.03. The molecule has 20 heavy (non-hydrogen) atoms. The minimum Gasteiger partial charge on any atom is -0.384 e. The number of nitrogens with zero attached hydrogens (tertiary/aromatic N) is 2. The van der Waals surface area contributed by atoms with Crippen LogP contribution >= 0.6 is 11.6 Å². The molecule has 2 N–H and O–H groups in total. The summed E-state index contributed by atoms with van der Waals surface area (Å²) in [5, 5.41) is 0.744. The van der Waals surface area contributed by atoms with Crippen LogP contribution < -0.4 is 10.6 Å². The second-order valence-corrected chi connectivity index (χ2v) is 4.97. The van der Waals surface area contributed by atoms with E-state index < -0.39 is 0 Å². The normalized spacial score (nSPS) is 11.4. The Balaban J connectivity index is 1.90. The lowest BCUT2D eigenvalue weighted by atomic mass is 10.2. The van der Waals surface area contributed by atoms with Crippen molar-refractivity contribution in [2.45, 2.75) is 0 Å². The second kappa shape index (κ2) is 6.96. The third-order valence-electron chi connectivity index (χ3n) is 3.05. The van der Waals surface area contributed by atoms with Gasteiger partial charge in [-0.15, -0.1) is 0 Å². The lowest BCUT2D eigenvalue weighted by molar-refractivity contribution is 0.885. The van der Waals surface area contributed by atoms with Gasteiger partial charge in [0.05, 0.1) is 6.54 Å². The Morgan fingerprint density at radius 2 is 1.75 bits per heavy atom. The van der Waals surface area contributed by atoms with E-state index in [2.05, 4.69) is 9.89 Å². The first kappa shape index (κ1) is 14.4. The van der Waals surface area contributed by atoms with Crippen LogP contribution in [-0.4, -0.2) is 26.0 Å². The van der Waals surface area contributed by atoms with Gasteiger partial charge >= 0.3 is 0 Å². The lowest BCUT2D eigenvalue weighted by Crippen LogP contribution is -2.22. The molecule has 0 saturated carbocycles. The fourth-order valence-corrected chi connectivity index (χ4v) is 1.97. The number of likely N-dealkylation sites (N-methyl/N-ethyl adjacent to an activating group) is 1. The van der Waals surface area contributed by atoms with Gasteiger partial charge < -0.3 is 10.6 Å². The van der Waals surface area contributed by atoms with Crippen molar-refractivity contribution in [2.75, 3.05) is 25.0 Å². The van der Waals surface area contributed by atoms with Crippen molar-refractivity contribution in [2.24, 2.45) is 10.7 Å². The molecule has 0 saturated heterocycles. The van der Waals surface area contributed by atoms with E-state index in [9.17, 15) is 0 Å². The quantitative estimate of drug-likeness (QED) is 0.678. The number of rotatable bonds is 5. The lowest BCUT2D eigenvalue weighted by Gasteiger charge is -2.18. The average Bonchev–Trinajstić information content (AvgIpc) is 2.48. The first-order valence-corrected chi connectivity index (χ1v) is 6.86. The Morgan fingerprint density at radius 3 is 2.40 bits per heavy atom. The monoisotopic (exact) mass is 287 g/mol. The zero-order chi connectivity index (χ0) is 14.4. The summed E-state index contributed by atoms with van der Waals surface area (Å²) in [4.78, 5) is 6.53. The molecule has 2 aromatic carbocycles. The van der Waals surface area contributed by atoms with Gasteiger partial charge in [-0.25, -0.2) is 0 Å². The molecule has 104 valence electrons. The van der Waals surface area contributed by atoms with Crippen molar-refractivity contribution in [3.63, 3.8) is 0 Å². The highest BCUT2D eigenvalue weighted by molar-refractivity contribution is 6.30. The highest BCUT2D eigenvalue weighted by Crippen LogP contribution is 2.16. The maximum atomic E-state index is 5.95. The van der Waals surface area contributed by atoms with Crippen LogP contribution in [0.4, 0.5) is 5.69 Å². The van der Waals surface area contributed by atoms with Crippen LogP contribution in [0, 0.1) is 0 Å². The number of nitrogens with two attached hydrogens (primary N) is 1. The van der Waals surface area contributed by atoms with Crippen molar-refractivity contribution in [1.29, 1.82) is 0 Å². The Labute approximate surface area is 124 Å². The minimum absolute atomic E-state index is 0.579. The van der Waals surface area contributed by atoms with Crippen molar-refractivity contribution in [1.82, 2.24) is 0 Å². The fourth-order valence-electron chi connectivity index (χ4n) is 1.85. The molecule has 0 unspecified atom stereocenters. The molecule has 0 radical (unpaired) electrons. The van der Waals surface area contributed by atoms with Crippen LogP contribution in [0.3, 0.4) is 0 Å². The molecule has 2 rings (SSSR count). The van der Waals surface area contributed by atoms with Gasteiger partial charge in [-0.3, -0.25) is 4.99 Å². The van der Waals surface area contributed by atoms with Crippen molar-refractivity contribution >= 4 is 23.1 Å². The number of hydrogen-bond donors (Lipinski definition) is 1. The van der Waals surface area contributed by atoms with Crippen LogP contribution in [-0.2, 0) is 0 Å². The smallest absolute Gasteiger partial charge is 0.125 e. The van der Waals surface area contributed by atoms with E-state index in [4.69, 9.17) is 17.3 Å². The molecule has 0 aromatic heterocycles. The van der Waals surface area contributed by atoms with E-state index in [1.807, 2.05) is 61.6 Å². The Bertz CT molecular complexity index is 564. The predicted molar refractivity (Wildman–Crippen MR) is 86.8 cm³/mol. The number of aliphatic imine (C=N–C) groups is 1. The van der Waals surface area contributed by atoms with Gasteiger partial charge in [0, 0.05) is 29.9 Å². The summed E-state index contributed by atoms with van der Waals surface area (Å²) >= 11 is 5.87. The maximum Gasteiger partial charge on any atom is 0.125 e. The SMILES string of the molecule is CN(CCN=C(N)c1ccccc1)c1ccc(Cl)cc1. The van der Waals surface area contributed by atoms with Crippen LogP contribution in [0.2, 0.25) is 5.02 Å². The zero-order valence-electron chi connectivity index (χ0n) is 11.5. The first-order valence-electron chi connectivity index (χ1n) is 6.49. The standard InChI is InChI=1S/C16H18ClN3/c1-20(15-9-7-14(17)8-10-15)12-11-19-16(18)13-5-3-2-4-6-13/h2-10H,11-12H2,1H3,(H2,18,19). The highest BCUT2D eigenvalue weighted by atomic mass is 35.5. The van der Waals surface area contributed by atoms with E-state index >= 15 is 0 Å². The summed E-state index contributed by atoms with van der Waals surface area (Å²) in [5.74, 6) is 0.579. The van der Waals surface area contributed by atoms with E-state index in [-0.39, 0.29) is 0 Å². The molecule has 0 aliphatic carbocycles. The second-order valence-electron chi connectivity index (χ2n) is 4.53. The molecular weight excluding hydrogens is 270 g/mol. The third-order valence-corrected chi connectivity index (χ3v) is 3.31. The zero-order valence-corrected chi connectivity index (χ0v) is 12.2. The number of amidine groups is 1. The van der Waals surface area contributed by atoms with Gasteiger partial charge in [-0.05, 0) is 24.3 Å². The van der Waals surface area contributed by atoms with Gasteiger partial charge in [-0.1, -0.05) is 41.9 Å². The fraction of sp³-hybridized carbons (Fsp3) is 0.188. The molecule has 0 heterocycles. The molecule has 2 aromatic rings. The van der Waals surface area contributed by atoms with Gasteiger partial charge in [0.15, 0.2) is 0 Å². The summed E-state index contributed by atoms with van der Waals surface area (Å²) in [7, 11) is 2.03. The van der Waals surface area contributed by atoms with E-state index in [1.54, 1.807) is 0 Å². The summed E-state index contributed by atoms with van der Waals surface area (Å²) in [6, 6.07) is 17.5. The highest BCUT2D eigenvalue weighted by Gasteiger charge is 2.01.